The van der Waals surface area contributed by atoms with Crippen LogP contribution in [0.25, 0.3) is 15.9 Å². The van der Waals surface area contributed by atoms with Gasteiger partial charge in [-0.3, -0.25) is 0 Å². The Kier molecular flexibility index (Phi) is 5.12. The summed E-state index contributed by atoms with van der Waals surface area (Å²) in [5.41, 5.74) is 3.59. The van der Waals surface area contributed by atoms with Crippen molar-refractivity contribution in [3.8, 4) is 0 Å². The molecular weight excluding hydrogens is 354 g/mol. The van der Waals surface area contributed by atoms with E-state index in [4.69, 9.17) is 4.98 Å². The minimum absolute atomic E-state index is 0.785. The average molecular weight is 384 g/mol. The predicted molar refractivity (Wildman–Crippen MR) is 114 cm³/mol. The highest BCUT2D eigenvalue weighted by molar-refractivity contribution is 7.22. The van der Waals surface area contributed by atoms with E-state index in [1.54, 1.807) is 0 Å². The standard InChI is InChI=1S/C21H29N5S/c1-2-10-25(11-3-1)18-6-12-26(13-7-18)21-24-20-19(27-21)14-17(15-23-20)16-4-8-22-9-5-16/h4,14-15,18,22H,1-3,5-13H2. The summed E-state index contributed by atoms with van der Waals surface area (Å²) in [5, 5.41) is 4.54. The van der Waals surface area contributed by atoms with Crippen molar-refractivity contribution in [2.45, 2.75) is 44.6 Å². The first-order chi connectivity index (χ1) is 13.4. The lowest BCUT2D eigenvalue weighted by Crippen LogP contribution is -2.46. The lowest BCUT2D eigenvalue weighted by Gasteiger charge is -2.40. The van der Waals surface area contributed by atoms with Crippen LogP contribution >= 0.6 is 11.3 Å². The van der Waals surface area contributed by atoms with E-state index in [1.165, 1.54) is 61.0 Å². The van der Waals surface area contributed by atoms with Crippen LogP contribution in [0.5, 0.6) is 0 Å². The smallest absolute Gasteiger partial charge is 0.188 e. The quantitative estimate of drug-likeness (QED) is 0.878. The summed E-state index contributed by atoms with van der Waals surface area (Å²) in [7, 11) is 0. The summed E-state index contributed by atoms with van der Waals surface area (Å²) in [6, 6.07) is 3.08. The van der Waals surface area contributed by atoms with E-state index in [0.717, 1.165) is 49.4 Å². The molecule has 1 N–H and O–H groups in total. The second-order valence-electron chi connectivity index (χ2n) is 8.04. The Morgan fingerprint density at radius 2 is 1.93 bits per heavy atom. The van der Waals surface area contributed by atoms with Gasteiger partial charge in [0, 0.05) is 31.9 Å². The van der Waals surface area contributed by atoms with Crippen LogP contribution in [0.3, 0.4) is 0 Å². The highest BCUT2D eigenvalue weighted by atomic mass is 32.1. The molecule has 0 spiro atoms. The van der Waals surface area contributed by atoms with Gasteiger partial charge in [-0.05, 0) is 68.9 Å². The number of hydrogen-bond donors (Lipinski definition) is 1. The van der Waals surface area contributed by atoms with Crippen molar-refractivity contribution in [2.75, 3.05) is 44.2 Å². The number of anilines is 1. The second kappa shape index (κ2) is 7.86. The number of rotatable bonds is 3. The minimum atomic E-state index is 0.785. The molecule has 27 heavy (non-hydrogen) atoms. The van der Waals surface area contributed by atoms with Crippen molar-refractivity contribution in [1.29, 1.82) is 0 Å². The van der Waals surface area contributed by atoms with Gasteiger partial charge in [0.1, 0.15) is 0 Å². The zero-order valence-electron chi connectivity index (χ0n) is 16.0. The highest BCUT2D eigenvalue weighted by Gasteiger charge is 2.27. The maximum absolute atomic E-state index is 4.85. The van der Waals surface area contributed by atoms with E-state index < -0.39 is 0 Å². The molecule has 2 saturated heterocycles. The van der Waals surface area contributed by atoms with Crippen LogP contribution in [0.4, 0.5) is 5.13 Å². The van der Waals surface area contributed by atoms with Gasteiger partial charge in [-0.1, -0.05) is 23.8 Å². The molecule has 5 heterocycles. The summed E-state index contributed by atoms with van der Waals surface area (Å²) < 4.78 is 1.22. The van der Waals surface area contributed by atoms with Crippen LogP contribution in [-0.2, 0) is 0 Å². The Labute approximate surface area is 165 Å². The molecule has 2 aromatic heterocycles. The molecule has 0 aliphatic carbocycles. The van der Waals surface area contributed by atoms with Crippen molar-refractivity contribution < 1.29 is 0 Å². The number of piperidine rings is 2. The number of hydrogen-bond acceptors (Lipinski definition) is 6. The number of likely N-dealkylation sites (tertiary alicyclic amines) is 1. The van der Waals surface area contributed by atoms with Gasteiger partial charge in [0.2, 0.25) is 0 Å². The predicted octanol–water partition coefficient (Wildman–Crippen LogP) is 3.52. The normalized spacial score (nSPS) is 23.0. The molecule has 5 rings (SSSR count). The van der Waals surface area contributed by atoms with Crippen LogP contribution in [0, 0.1) is 0 Å². The molecule has 0 saturated carbocycles. The first-order valence-electron chi connectivity index (χ1n) is 10.5. The fourth-order valence-electron chi connectivity index (χ4n) is 4.71. The molecule has 0 bridgehead atoms. The summed E-state index contributed by atoms with van der Waals surface area (Å²) in [6.07, 6.45) is 12.1. The fourth-order valence-corrected chi connectivity index (χ4v) is 5.73. The molecule has 0 atom stereocenters. The van der Waals surface area contributed by atoms with Gasteiger partial charge >= 0.3 is 0 Å². The molecule has 144 valence electrons. The molecule has 3 aliphatic rings. The van der Waals surface area contributed by atoms with Crippen LogP contribution in [0.2, 0.25) is 0 Å². The average Bonchev–Trinajstić information content (AvgIpc) is 3.18. The topological polar surface area (TPSA) is 44.3 Å². The van der Waals surface area contributed by atoms with Crippen LogP contribution in [-0.4, -0.2) is 60.2 Å². The Hall–Kier alpha value is -1.50. The fraction of sp³-hybridized carbons (Fsp3) is 0.619. The Morgan fingerprint density at radius 1 is 1.07 bits per heavy atom. The third-order valence-corrected chi connectivity index (χ3v) is 7.36. The summed E-state index contributed by atoms with van der Waals surface area (Å²) in [5.74, 6) is 0. The zero-order chi connectivity index (χ0) is 18.1. The summed E-state index contributed by atoms with van der Waals surface area (Å²) in [6.45, 7) is 6.90. The van der Waals surface area contributed by atoms with Gasteiger partial charge in [0.05, 0.1) is 4.70 Å². The monoisotopic (exact) mass is 383 g/mol. The van der Waals surface area contributed by atoms with Gasteiger partial charge in [0.25, 0.3) is 0 Å². The lowest BCUT2D eigenvalue weighted by atomic mass is 10.0. The number of aromatic nitrogens is 2. The van der Waals surface area contributed by atoms with Crippen molar-refractivity contribution in [3.05, 3.63) is 23.9 Å². The molecule has 2 fully saturated rings. The number of fused-ring (bicyclic) bond motifs is 1. The molecular formula is C21H29N5S. The third-order valence-electron chi connectivity index (χ3n) is 6.31. The van der Waals surface area contributed by atoms with E-state index in [0.29, 0.717) is 0 Å². The van der Waals surface area contributed by atoms with E-state index >= 15 is 0 Å². The number of nitrogens with one attached hydrogen (secondary N) is 1. The SMILES string of the molecule is C1=C(c2cnc3nc(N4CCC(N5CCCCC5)CC4)sc3c2)CCNC1. The Balaban J connectivity index is 1.28. The molecule has 2 aromatic rings. The Morgan fingerprint density at radius 3 is 2.70 bits per heavy atom. The van der Waals surface area contributed by atoms with Gasteiger partial charge in [-0.15, -0.1) is 0 Å². The van der Waals surface area contributed by atoms with Crippen LogP contribution in [0.1, 0.15) is 44.1 Å². The van der Waals surface area contributed by atoms with Gasteiger partial charge in [-0.25, -0.2) is 4.98 Å². The largest absolute Gasteiger partial charge is 0.348 e. The first kappa shape index (κ1) is 17.6. The van der Waals surface area contributed by atoms with Crippen molar-refractivity contribution in [3.63, 3.8) is 0 Å². The number of pyridine rings is 1. The van der Waals surface area contributed by atoms with Gasteiger partial charge in [0.15, 0.2) is 10.8 Å². The van der Waals surface area contributed by atoms with E-state index in [2.05, 4.69) is 32.2 Å². The van der Waals surface area contributed by atoms with Crippen LogP contribution < -0.4 is 10.2 Å². The molecule has 3 aliphatic heterocycles. The van der Waals surface area contributed by atoms with Crippen molar-refractivity contribution in [1.82, 2.24) is 20.2 Å². The summed E-state index contributed by atoms with van der Waals surface area (Å²) in [4.78, 5) is 14.7. The molecule has 0 aromatic carbocycles. The van der Waals surface area contributed by atoms with E-state index in [-0.39, 0.29) is 0 Å². The van der Waals surface area contributed by atoms with Gasteiger partial charge < -0.3 is 15.1 Å². The van der Waals surface area contributed by atoms with Crippen molar-refractivity contribution in [2.24, 2.45) is 0 Å². The summed E-state index contributed by atoms with van der Waals surface area (Å²) >= 11 is 1.81. The van der Waals surface area contributed by atoms with Gasteiger partial charge in [-0.2, -0.15) is 4.98 Å². The molecule has 0 unspecified atom stereocenters. The van der Waals surface area contributed by atoms with Crippen molar-refractivity contribution >= 4 is 32.4 Å². The lowest BCUT2D eigenvalue weighted by molar-refractivity contribution is 0.141. The first-order valence-corrected chi connectivity index (χ1v) is 11.3. The van der Waals surface area contributed by atoms with E-state index in [9.17, 15) is 0 Å². The van der Waals surface area contributed by atoms with Crippen LogP contribution in [0.15, 0.2) is 18.3 Å². The molecule has 0 radical (unpaired) electrons. The highest BCUT2D eigenvalue weighted by Crippen LogP contribution is 2.32. The zero-order valence-corrected chi connectivity index (χ0v) is 16.8. The molecule has 5 nitrogen and oxygen atoms in total. The maximum Gasteiger partial charge on any atom is 0.188 e. The number of nitrogens with zero attached hydrogens (tertiary/aromatic N) is 4. The van der Waals surface area contributed by atoms with E-state index in [1.807, 2.05) is 17.5 Å². The third kappa shape index (κ3) is 3.75. The number of thiazole rings is 1. The second-order valence-corrected chi connectivity index (χ2v) is 9.05. The molecule has 6 heteroatoms. The minimum Gasteiger partial charge on any atom is -0.348 e. The Bertz CT molecular complexity index is 815. The maximum atomic E-state index is 4.85. The molecule has 0 amide bonds.